The molecule has 0 fully saturated rings. The second kappa shape index (κ2) is 9.77. The Balaban J connectivity index is 0. The van der Waals surface area contributed by atoms with Crippen molar-refractivity contribution in [2.45, 2.75) is 30.8 Å². The van der Waals surface area contributed by atoms with Gasteiger partial charge in [0.2, 0.25) is 0 Å². The monoisotopic (exact) mass is 318 g/mol. The van der Waals surface area contributed by atoms with Crippen LogP contribution in [0.3, 0.4) is 0 Å². The van der Waals surface area contributed by atoms with E-state index >= 15 is 0 Å². The van der Waals surface area contributed by atoms with E-state index in [9.17, 15) is 14.2 Å². The molecule has 3 unspecified atom stereocenters. The minimum atomic E-state index is -4.94. The third-order valence-electron chi connectivity index (χ3n) is 1.92. The Morgan fingerprint density at radius 2 is 1.55 bits per heavy atom. The Kier molecular flexibility index (Phi) is 10.4. The van der Waals surface area contributed by atoms with Crippen LogP contribution in [0.4, 0.5) is 0 Å². The average molecular weight is 318 g/mol. The molecule has 0 bridgehead atoms. The summed E-state index contributed by atoms with van der Waals surface area (Å²) in [5.41, 5.74) is 10.3. The summed E-state index contributed by atoms with van der Waals surface area (Å²) in [6.45, 7) is 0.501. The van der Waals surface area contributed by atoms with E-state index < -0.39 is 37.5 Å². The molecule has 0 spiro atoms. The molecular weight excluding hydrogens is 299 g/mol. The maximum Gasteiger partial charge on any atom is 0.357 e. The number of aliphatic hydroxyl groups is 2. The van der Waals surface area contributed by atoms with Gasteiger partial charge in [0.05, 0.1) is 0 Å². The lowest BCUT2D eigenvalue weighted by Gasteiger charge is -2.14. The van der Waals surface area contributed by atoms with Gasteiger partial charge in [0, 0.05) is 0 Å². The van der Waals surface area contributed by atoms with Gasteiger partial charge in [-0.25, -0.2) is 4.79 Å². The summed E-state index contributed by atoms with van der Waals surface area (Å²) in [7, 11) is -4.94. The van der Waals surface area contributed by atoms with Crippen molar-refractivity contribution < 1.29 is 44.4 Å². The molecule has 0 aromatic carbocycles. The van der Waals surface area contributed by atoms with Crippen molar-refractivity contribution in [2.24, 2.45) is 11.5 Å². The highest BCUT2D eigenvalue weighted by Crippen LogP contribution is 2.41. The van der Waals surface area contributed by atoms with Crippen LogP contribution in [0.25, 0.3) is 0 Å². The van der Waals surface area contributed by atoms with Crippen LogP contribution in [-0.2, 0) is 14.2 Å². The Labute approximate surface area is 114 Å². The maximum atomic E-state index is 10.1. The van der Waals surface area contributed by atoms with Crippen LogP contribution in [0.1, 0.15) is 12.8 Å². The molecule has 11 nitrogen and oxygen atoms in total. The van der Waals surface area contributed by atoms with Crippen LogP contribution in [0.2, 0.25) is 0 Å². The smallest absolute Gasteiger partial charge is 0.357 e. The van der Waals surface area contributed by atoms with E-state index in [2.05, 4.69) is 0 Å². The fourth-order valence-corrected chi connectivity index (χ4v) is 1.27. The van der Waals surface area contributed by atoms with E-state index in [1.807, 2.05) is 0 Å². The normalized spacial score (nSPS) is 15.5. The summed E-state index contributed by atoms with van der Waals surface area (Å²) in [4.78, 5) is 36.2. The van der Waals surface area contributed by atoms with Gasteiger partial charge < -0.3 is 41.7 Å². The van der Waals surface area contributed by atoms with Crippen molar-refractivity contribution >= 4 is 19.5 Å². The molecule has 0 saturated heterocycles. The van der Waals surface area contributed by atoms with Gasteiger partial charge in [-0.05, 0) is 19.4 Å². The van der Waals surface area contributed by atoms with Crippen LogP contribution < -0.4 is 11.5 Å². The Morgan fingerprint density at radius 3 is 1.75 bits per heavy atom. The minimum absolute atomic E-state index is 0.464. The number of aliphatic hydroxyl groups excluding tert-OH is 2. The van der Waals surface area contributed by atoms with Crippen LogP contribution in [0.5, 0.6) is 0 Å². The van der Waals surface area contributed by atoms with Crippen molar-refractivity contribution in [3.05, 3.63) is 0 Å². The molecule has 0 saturated carbocycles. The third-order valence-corrected chi connectivity index (χ3v) is 2.89. The molecule has 0 amide bonds. The van der Waals surface area contributed by atoms with Gasteiger partial charge in [0.25, 0.3) is 0 Å². The van der Waals surface area contributed by atoms with Crippen LogP contribution in [0, 0.1) is 0 Å². The zero-order valence-corrected chi connectivity index (χ0v) is 11.3. The average Bonchev–Trinajstić information content (AvgIpc) is 2.33. The first-order valence-corrected chi connectivity index (χ1v) is 6.95. The summed E-state index contributed by atoms with van der Waals surface area (Å²) < 4.78 is 10.1. The van der Waals surface area contributed by atoms with Crippen molar-refractivity contribution in [1.82, 2.24) is 0 Å². The highest BCUT2D eigenvalue weighted by Gasteiger charge is 2.37. The van der Waals surface area contributed by atoms with Crippen molar-refractivity contribution in [2.75, 3.05) is 6.54 Å². The number of aliphatic carboxylic acids is 2. The van der Waals surface area contributed by atoms with E-state index in [1.165, 1.54) is 0 Å². The van der Waals surface area contributed by atoms with E-state index in [0.717, 1.165) is 0 Å². The third kappa shape index (κ3) is 9.81. The van der Waals surface area contributed by atoms with Gasteiger partial charge in [-0.3, -0.25) is 9.36 Å². The molecule has 120 valence electrons. The predicted octanol–water partition coefficient (Wildman–Crippen LogP) is -2.93. The van der Waals surface area contributed by atoms with E-state index in [4.69, 9.17) is 41.7 Å². The maximum absolute atomic E-state index is 10.1. The molecule has 3 atom stereocenters. The van der Waals surface area contributed by atoms with E-state index in [0.29, 0.717) is 19.4 Å². The lowest BCUT2D eigenvalue weighted by molar-refractivity contribution is -0.150. The largest absolute Gasteiger partial charge is 0.480 e. The van der Waals surface area contributed by atoms with Gasteiger partial charge in [-0.1, -0.05) is 0 Å². The summed E-state index contributed by atoms with van der Waals surface area (Å²) in [6, 6.07) is -0.742. The minimum Gasteiger partial charge on any atom is -0.480 e. The Bertz CT molecular complexity index is 358. The molecule has 0 aliphatic rings. The Morgan fingerprint density at radius 1 is 1.10 bits per heavy atom. The summed E-state index contributed by atoms with van der Waals surface area (Å²) >= 11 is 0. The number of carbonyl (C=O) groups is 2. The quantitative estimate of drug-likeness (QED) is 0.221. The second-order valence-corrected chi connectivity index (χ2v) is 5.37. The number of hydrogen-bond donors (Lipinski definition) is 8. The lowest BCUT2D eigenvalue weighted by atomic mass is 10.2. The van der Waals surface area contributed by atoms with Crippen LogP contribution in [-0.4, -0.2) is 66.7 Å². The molecule has 20 heavy (non-hydrogen) atoms. The molecule has 10 N–H and O–H groups in total. The topological polar surface area (TPSA) is 225 Å². The first-order chi connectivity index (χ1) is 8.95. The van der Waals surface area contributed by atoms with Gasteiger partial charge in [-0.2, -0.15) is 0 Å². The Hall–Kier alpha value is -1.07. The van der Waals surface area contributed by atoms with E-state index in [-0.39, 0.29) is 0 Å². The zero-order valence-electron chi connectivity index (χ0n) is 10.4. The standard InChI is InChI=1S/C5H12N2O2.C3H7O7P/c6-3-1-2-4(7)5(8)9;4-1(2(5)6)3(7)11(8,9)10/h4H,1-3,6-7H2,(H,8,9);1,3-4,7H,(H,5,6)(H2,8,9,10). The summed E-state index contributed by atoms with van der Waals surface area (Å²) in [5.74, 6) is -5.41. The molecule has 0 aromatic heterocycles. The zero-order chi connectivity index (χ0) is 16.5. The summed E-state index contributed by atoms with van der Waals surface area (Å²) in [5, 5.41) is 33.0. The second-order valence-electron chi connectivity index (χ2n) is 3.66. The van der Waals surface area contributed by atoms with Gasteiger partial charge in [0.15, 0.2) is 11.9 Å². The highest BCUT2D eigenvalue weighted by atomic mass is 31.2. The van der Waals surface area contributed by atoms with Crippen molar-refractivity contribution in [1.29, 1.82) is 0 Å². The summed E-state index contributed by atoms with van der Waals surface area (Å²) in [6.07, 6.45) is -1.32. The fourth-order valence-electron chi connectivity index (χ4n) is 0.773. The number of carboxylic acid groups (broad SMARTS) is 2. The number of carboxylic acids is 2. The predicted molar refractivity (Wildman–Crippen MR) is 65.6 cm³/mol. The SMILES string of the molecule is NCCCC(N)C(=O)O.O=C(O)C(O)C(O)P(=O)(O)O. The van der Waals surface area contributed by atoms with E-state index in [1.54, 1.807) is 0 Å². The molecule has 12 heteroatoms. The molecule has 0 aliphatic heterocycles. The van der Waals surface area contributed by atoms with Gasteiger partial charge in [-0.15, -0.1) is 0 Å². The first-order valence-electron chi connectivity index (χ1n) is 5.27. The highest BCUT2D eigenvalue weighted by molar-refractivity contribution is 7.52. The molecule has 0 aromatic rings. The lowest BCUT2D eigenvalue weighted by Crippen LogP contribution is -2.33. The van der Waals surface area contributed by atoms with Crippen LogP contribution >= 0.6 is 7.60 Å². The first kappa shape index (κ1) is 21.2. The van der Waals surface area contributed by atoms with Crippen molar-refractivity contribution in [3.8, 4) is 0 Å². The molecule has 0 radical (unpaired) electrons. The molecule has 0 rings (SSSR count). The van der Waals surface area contributed by atoms with Gasteiger partial charge in [0.1, 0.15) is 6.04 Å². The molecule has 0 aliphatic carbocycles. The molecule has 0 heterocycles. The van der Waals surface area contributed by atoms with Gasteiger partial charge >= 0.3 is 19.5 Å². The van der Waals surface area contributed by atoms with Crippen molar-refractivity contribution in [3.63, 3.8) is 0 Å². The van der Waals surface area contributed by atoms with Crippen LogP contribution in [0.15, 0.2) is 0 Å². The number of hydrogen-bond acceptors (Lipinski definition) is 7. The number of nitrogens with two attached hydrogens (primary N) is 2. The fraction of sp³-hybridized carbons (Fsp3) is 0.750. The molecular formula is C8H19N2O9P. The number of rotatable bonds is 7.